The van der Waals surface area contributed by atoms with Gasteiger partial charge in [-0.15, -0.1) is 0 Å². The maximum atomic E-state index is 11.2. The number of aliphatic hydroxyl groups is 1. The van der Waals surface area contributed by atoms with Crippen LogP contribution in [0.5, 0.6) is 0 Å². The van der Waals surface area contributed by atoms with E-state index < -0.39 is 0 Å². The Labute approximate surface area is 98.7 Å². The Morgan fingerprint density at radius 1 is 1.25 bits per heavy atom. The van der Waals surface area contributed by atoms with E-state index in [0.29, 0.717) is 0 Å². The van der Waals surface area contributed by atoms with Crippen LogP contribution in [0.15, 0.2) is 46.6 Å². The van der Waals surface area contributed by atoms with Crippen LogP contribution in [0.3, 0.4) is 0 Å². The normalized spacial score (nSPS) is 11.9. The van der Waals surface area contributed by atoms with Gasteiger partial charge in [0.2, 0.25) is 0 Å². The molecule has 0 saturated heterocycles. The fourth-order valence-electron chi connectivity index (χ4n) is 1.24. The lowest BCUT2D eigenvalue weighted by atomic mass is 10.2. The molecular weight excluding hydrogens is 222 g/mol. The molecule has 1 rings (SSSR count). The van der Waals surface area contributed by atoms with E-state index in [1.807, 2.05) is 30.3 Å². The van der Waals surface area contributed by atoms with Gasteiger partial charge < -0.3 is 5.11 Å². The molecule has 0 radical (unpaired) electrons. The van der Waals surface area contributed by atoms with E-state index in [0.717, 1.165) is 16.7 Å². The number of ketones is 1. The SMILES string of the molecule is CC(=O)/C(C(=N)Sc1ccccc1)=C(/C)O. The molecule has 0 aliphatic rings. The first-order valence-electron chi connectivity index (χ1n) is 4.75. The van der Waals surface area contributed by atoms with Gasteiger partial charge in [0.25, 0.3) is 0 Å². The molecule has 1 aromatic rings. The molecule has 0 heterocycles. The standard InChI is InChI=1S/C12H13NO2S/c1-8(14)11(9(2)15)12(13)16-10-6-4-3-5-7-10/h3-7,13-14H,1-2H3/b11-8+,13-12?. The molecule has 84 valence electrons. The number of hydrogen-bond donors (Lipinski definition) is 2. The molecule has 0 aromatic heterocycles. The molecule has 0 unspecified atom stereocenters. The quantitative estimate of drug-likeness (QED) is 0.278. The van der Waals surface area contributed by atoms with Crippen LogP contribution in [-0.4, -0.2) is 15.9 Å². The lowest BCUT2D eigenvalue weighted by molar-refractivity contribution is -0.113. The topological polar surface area (TPSA) is 61.2 Å². The number of aliphatic hydroxyl groups excluding tert-OH is 1. The molecule has 1 aromatic carbocycles. The van der Waals surface area contributed by atoms with E-state index in [-0.39, 0.29) is 22.2 Å². The van der Waals surface area contributed by atoms with Crippen LogP contribution in [0, 0.1) is 5.41 Å². The summed E-state index contributed by atoms with van der Waals surface area (Å²) >= 11 is 1.15. The van der Waals surface area contributed by atoms with Crippen LogP contribution in [0.25, 0.3) is 0 Å². The number of nitrogens with one attached hydrogen (secondary N) is 1. The van der Waals surface area contributed by atoms with Gasteiger partial charge in [-0.25, -0.2) is 0 Å². The highest BCUT2D eigenvalue weighted by molar-refractivity contribution is 8.14. The minimum Gasteiger partial charge on any atom is -0.512 e. The van der Waals surface area contributed by atoms with Crippen molar-refractivity contribution in [1.82, 2.24) is 0 Å². The highest BCUT2D eigenvalue weighted by atomic mass is 32.2. The number of hydrogen-bond acceptors (Lipinski definition) is 4. The Balaban J connectivity index is 2.88. The molecule has 0 atom stereocenters. The highest BCUT2D eigenvalue weighted by Gasteiger charge is 2.15. The smallest absolute Gasteiger partial charge is 0.165 e. The zero-order valence-corrected chi connectivity index (χ0v) is 9.97. The second-order valence-corrected chi connectivity index (χ2v) is 4.34. The maximum absolute atomic E-state index is 11.2. The number of carbonyl (C=O) groups is 1. The molecule has 0 bridgehead atoms. The first kappa shape index (κ1) is 12.5. The minimum atomic E-state index is -0.298. The second-order valence-electron chi connectivity index (χ2n) is 3.26. The van der Waals surface area contributed by atoms with Crippen molar-refractivity contribution in [3.05, 3.63) is 41.7 Å². The molecule has 16 heavy (non-hydrogen) atoms. The highest BCUT2D eigenvalue weighted by Crippen LogP contribution is 2.23. The molecule has 0 spiro atoms. The summed E-state index contributed by atoms with van der Waals surface area (Å²) in [6.45, 7) is 2.76. The average molecular weight is 235 g/mol. The largest absolute Gasteiger partial charge is 0.512 e. The average Bonchev–Trinajstić information content (AvgIpc) is 2.17. The Bertz CT molecular complexity index is 434. The fraction of sp³-hybridized carbons (Fsp3) is 0.167. The molecule has 0 amide bonds. The molecule has 0 aliphatic carbocycles. The van der Waals surface area contributed by atoms with Gasteiger partial charge in [-0.1, -0.05) is 30.0 Å². The lowest BCUT2D eigenvalue weighted by Gasteiger charge is -2.06. The van der Waals surface area contributed by atoms with Crippen molar-refractivity contribution in [2.24, 2.45) is 0 Å². The van der Waals surface area contributed by atoms with E-state index in [1.165, 1.54) is 13.8 Å². The molecule has 0 saturated carbocycles. The van der Waals surface area contributed by atoms with Crippen molar-refractivity contribution in [3.8, 4) is 0 Å². The zero-order valence-electron chi connectivity index (χ0n) is 9.15. The Hall–Kier alpha value is -1.55. The van der Waals surface area contributed by atoms with E-state index in [1.54, 1.807) is 0 Å². The van der Waals surface area contributed by atoms with Crippen molar-refractivity contribution < 1.29 is 9.90 Å². The summed E-state index contributed by atoms with van der Waals surface area (Å²) < 4.78 is 0. The lowest BCUT2D eigenvalue weighted by Crippen LogP contribution is -2.08. The van der Waals surface area contributed by atoms with Crippen LogP contribution >= 0.6 is 11.8 Å². The third-order valence-electron chi connectivity index (χ3n) is 1.90. The number of allylic oxidation sites excluding steroid dienone is 1. The molecule has 0 fully saturated rings. The van der Waals surface area contributed by atoms with Gasteiger partial charge in [0.05, 0.1) is 5.57 Å². The van der Waals surface area contributed by atoms with Gasteiger partial charge in [0, 0.05) is 4.90 Å². The number of benzene rings is 1. The molecule has 4 heteroatoms. The molecular formula is C12H13NO2S. The van der Waals surface area contributed by atoms with Gasteiger partial charge >= 0.3 is 0 Å². The Morgan fingerprint density at radius 2 is 1.81 bits per heavy atom. The Morgan fingerprint density at radius 3 is 2.25 bits per heavy atom. The summed E-state index contributed by atoms with van der Waals surface area (Å²) in [5, 5.41) is 17.2. The van der Waals surface area contributed by atoms with Crippen LogP contribution in [0.4, 0.5) is 0 Å². The zero-order chi connectivity index (χ0) is 12.1. The fourth-order valence-corrected chi connectivity index (χ4v) is 2.16. The van der Waals surface area contributed by atoms with Crippen molar-refractivity contribution in [2.45, 2.75) is 18.7 Å². The third kappa shape index (κ3) is 3.24. The van der Waals surface area contributed by atoms with Gasteiger partial charge in [-0.2, -0.15) is 0 Å². The van der Waals surface area contributed by atoms with Crippen molar-refractivity contribution in [1.29, 1.82) is 5.41 Å². The molecule has 0 aliphatic heterocycles. The van der Waals surface area contributed by atoms with E-state index in [9.17, 15) is 9.90 Å². The van der Waals surface area contributed by atoms with Crippen molar-refractivity contribution in [3.63, 3.8) is 0 Å². The summed E-state index contributed by atoms with van der Waals surface area (Å²) in [5.74, 6) is -0.408. The predicted octanol–water partition coefficient (Wildman–Crippen LogP) is 3.18. The van der Waals surface area contributed by atoms with Gasteiger partial charge in [0.1, 0.15) is 10.8 Å². The predicted molar refractivity (Wildman–Crippen MR) is 66.0 cm³/mol. The summed E-state index contributed by atoms with van der Waals surface area (Å²) in [6, 6.07) is 9.30. The third-order valence-corrected chi connectivity index (χ3v) is 2.82. The van der Waals surface area contributed by atoms with Gasteiger partial charge in [-0.05, 0) is 26.0 Å². The molecule has 3 nitrogen and oxygen atoms in total. The van der Waals surface area contributed by atoms with Gasteiger partial charge in [0.15, 0.2) is 5.78 Å². The number of carbonyl (C=O) groups excluding carboxylic acids is 1. The monoisotopic (exact) mass is 235 g/mol. The van der Waals surface area contributed by atoms with Crippen molar-refractivity contribution in [2.75, 3.05) is 0 Å². The number of rotatable bonds is 3. The first-order chi connectivity index (χ1) is 7.52. The van der Waals surface area contributed by atoms with Gasteiger partial charge in [-0.3, -0.25) is 10.2 Å². The van der Waals surface area contributed by atoms with Crippen LogP contribution in [0.2, 0.25) is 0 Å². The molecule has 2 N–H and O–H groups in total. The van der Waals surface area contributed by atoms with E-state index in [2.05, 4.69) is 0 Å². The summed E-state index contributed by atoms with van der Waals surface area (Å²) in [6.07, 6.45) is 0. The number of thioether (sulfide) groups is 1. The Kier molecular flexibility index (Phi) is 4.31. The second kappa shape index (κ2) is 5.51. The van der Waals surface area contributed by atoms with E-state index in [4.69, 9.17) is 5.41 Å². The minimum absolute atomic E-state index is 0.0682. The van der Waals surface area contributed by atoms with Crippen LogP contribution < -0.4 is 0 Å². The summed E-state index contributed by atoms with van der Waals surface area (Å²) in [7, 11) is 0. The maximum Gasteiger partial charge on any atom is 0.165 e. The van der Waals surface area contributed by atoms with Crippen molar-refractivity contribution >= 4 is 22.6 Å². The first-order valence-corrected chi connectivity index (χ1v) is 5.56. The summed E-state index contributed by atoms with van der Waals surface area (Å²) in [4.78, 5) is 12.1. The summed E-state index contributed by atoms with van der Waals surface area (Å²) in [5.41, 5.74) is 0.0776. The van der Waals surface area contributed by atoms with E-state index >= 15 is 0 Å². The van der Waals surface area contributed by atoms with Crippen LogP contribution in [0.1, 0.15) is 13.8 Å². The number of Topliss-reactive ketones (excluding diaryl/α,β-unsaturated/α-hetero) is 1. The van der Waals surface area contributed by atoms with Crippen LogP contribution in [-0.2, 0) is 4.79 Å².